The number of amides is 1. The average molecular weight is 372 g/mol. The van der Waals surface area contributed by atoms with Gasteiger partial charge in [-0.15, -0.1) is 0 Å². The van der Waals surface area contributed by atoms with Crippen molar-refractivity contribution in [2.45, 2.75) is 25.6 Å². The Balaban J connectivity index is 1.65. The maximum atomic E-state index is 11.6. The largest absolute Gasteiger partial charge is 0.373 e. The monoisotopic (exact) mass is 372 g/mol. The molecule has 2 unspecified atom stereocenters. The van der Waals surface area contributed by atoms with Gasteiger partial charge in [-0.1, -0.05) is 12.2 Å². The van der Waals surface area contributed by atoms with Crippen LogP contribution in [0.3, 0.4) is 0 Å². The molecule has 146 valence electrons. The number of pyridine rings is 1. The molecule has 27 heavy (non-hydrogen) atoms. The van der Waals surface area contributed by atoms with Crippen LogP contribution in [0.2, 0.25) is 0 Å². The van der Waals surface area contributed by atoms with E-state index in [9.17, 15) is 9.90 Å². The van der Waals surface area contributed by atoms with Gasteiger partial charge in [0.1, 0.15) is 11.9 Å². The second-order valence-corrected chi connectivity index (χ2v) is 6.80. The van der Waals surface area contributed by atoms with Gasteiger partial charge in [0.05, 0.1) is 17.9 Å². The predicted molar refractivity (Wildman–Crippen MR) is 106 cm³/mol. The first-order valence-corrected chi connectivity index (χ1v) is 9.33. The molecule has 0 radical (unpaired) electrons. The van der Waals surface area contributed by atoms with E-state index in [1.54, 1.807) is 19.3 Å². The van der Waals surface area contributed by atoms with Crippen molar-refractivity contribution in [3.63, 3.8) is 0 Å². The summed E-state index contributed by atoms with van der Waals surface area (Å²) in [5.41, 5.74) is 1.43. The Bertz CT molecular complexity index is 709. The fourth-order valence-corrected chi connectivity index (χ4v) is 3.45. The number of carbonyl (C=O) groups is 1. The number of allylic oxidation sites excluding steroid dienone is 1. The van der Waals surface area contributed by atoms with E-state index in [-0.39, 0.29) is 11.9 Å². The van der Waals surface area contributed by atoms with E-state index >= 15 is 0 Å². The molecule has 2 aliphatic rings. The van der Waals surface area contributed by atoms with E-state index < -0.39 is 6.23 Å². The number of aliphatic hydroxyl groups is 1. The lowest BCUT2D eigenvalue weighted by Gasteiger charge is -2.43. The first-order valence-electron chi connectivity index (χ1n) is 9.33. The van der Waals surface area contributed by atoms with Crippen molar-refractivity contribution in [3.8, 4) is 0 Å². The van der Waals surface area contributed by atoms with Gasteiger partial charge in [-0.2, -0.15) is 0 Å². The number of aliphatic imine (C=N–C) groups is 1. The van der Waals surface area contributed by atoms with E-state index in [1.165, 1.54) is 0 Å². The van der Waals surface area contributed by atoms with Crippen LogP contribution in [-0.2, 0) is 0 Å². The minimum Gasteiger partial charge on any atom is -0.373 e. The lowest BCUT2D eigenvalue weighted by Crippen LogP contribution is -2.56. The third-order valence-corrected chi connectivity index (χ3v) is 5.05. The molecule has 0 aromatic carbocycles. The number of carbonyl (C=O) groups excluding carboxylic acids is 1. The molecule has 0 spiro atoms. The van der Waals surface area contributed by atoms with Crippen molar-refractivity contribution in [2.24, 2.45) is 4.99 Å². The molecule has 0 bridgehead atoms. The second kappa shape index (κ2) is 8.39. The Morgan fingerprint density at radius 2 is 1.96 bits per heavy atom. The van der Waals surface area contributed by atoms with Gasteiger partial charge in [-0.05, 0) is 19.1 Å². The summed E-state index contributed by atoms with van der Waals surface area (Å²) >= 11 is 0. The number of rotatable bonds is 3. The molecule has 1 amide bonds. The van der Waals surface area contributed by atoms with Gasteiger partial charge in [0.15, 0.2) is 5.96 Å². The first-order chi connectivity index (χ1) is 13.0. The molecule has 0 saturated carbocycles. The minimum absolute atomic E-state index is 0.0238. The summed E-state index contributed by atoms with van der Waals surface area (Å²) < 4.78 is 0. The molecular weight excluding hydrogens is 344 g/mol. The van der Waals surface area contributed by atoms with E-state index in [0.717, 1.165) is 37.8 Å². The lowest BCUT2D eigenvalue weighted by atomic mass is 10.1. The highest BCUT2D eigenvalue weighted by Crippen LogP contribution is 2.20. The normalized spacial score (nSPS) is 23.6. The van der Waals surface area contributed by atoms with Crippen LogP contribution in [0, 0.1) is 0 Å². The van der Waals surface area contributed by atoms with Crippen LogP contribution in [0.4, 0.5) is 5.69 Å². The van der Waals surface area contributed by atoms with Gasteiger partial charge in [-0.25, -0.2) is 9.98 Å². The summed E-state index contributed by atoms with van der Waals surface area (Å²) in [6.07, 6.45) is 5.87. The van der Waals surface area contributed by atoms with Crippen LogP contribution < -0.4 is 10.2 Å². The minimum atomic E-state index is -0.516. The number of hydrogen-bond donors (Lipinski definition) is 2. The molecule has 1 aromatic rings. The molecule has 1 fully saturated rings. The summed E-state index contributed by atoms with van der Waals surface area (Å²) in [6, 6.07) is 3.71. The van der Waals surface area contributed by atoms with Crippen molar-refractivity contribution in [1.82, 2.24) is 20.1 Å². The number of nitrogens with one attached hydrogen (secondary N) is 1. The molecule has 3 heterocycles. The SMILES string of the molecule is C/C=C\C1CC(O)N(C)C(N2CCN(c3ccc(C(=O)NC)nc3)CC2)=N1. The van der Waals surface area contributed by atoms with E-state index in [2.05, 4.69) is 20.1 Å². The smallest absolute Gasteiger partial charge is 0.269 e. The van der Waals surface area contributed by atoms with Gasteiger partial charge in [0, 0.05) is 46.7 Å². The van der Waals surface area contributed by atoms with E-state index in [1.807, 2.05) is 37.1 Å². The van der Waals surface area contributed by atoms with Crippen molar-refractivity contribution in [2.75, 3.05) is 45.2 Å². The number of aliphatic hydroxyl groups excluding tert-OH is 1. The van der Waals surface area contributed by atoms with Crippen molar-refractivity contribution < 1.29 is 9.90 Å². The van der Waals surface area contributed by atoms with Crippen molar-refractivity contribution >= 4 is 17.6 Å². The Kier molecular flexibility index (Phi) is 5.95. The standard InChI is InChI=1S/C19H28N6O2/c1-4-5-14-12-17(26)23(3)19(22-14)25-10-8-24(9-11-25)15-6-7-16(21-13-15)18(27)20-2/h4-7,13-14,17,26H,8-12H2,1-3H3,(H,20,27)/b5-4-. The van der Waals surface area contributed by atoms with Crippen LogP contribution in [-0.4, -0.2) is 84.3 Å². The predicted octanol–water partition coefficient (Wildman–Crippen LogP) is 0.518. The highest BCUT2D eigenvalue weighted by Gasteiger charge is 2.30. The van der Waals surface area contributed by atoms with Gasteiger partial charge in [-0.3, -0.25) is 4.79 Å². The molecule has 1 saturated heterocycles. The number of piperazine rings is 1. The zero-order valence-electron chi connectivity index (χ0n) is 16.2. The van der Waals surface area contributed by atoms with Crippen molar-refractivity contribution in [1.29, 1.82) is 0 Å². The first kappa shape index (κ1) is 19.2. The van der Waals surface area contributed by atoms with Crippen LogP contribution in [0.5, 0.6) is 0 Å². The van der Waals surface area contributed by atoms with E-state index in [4.69, 9.17) is 4.99 Å². The molecule has 1 aromatic heterocycles. The molecule has 8 heteroatoms. The Labute approximate surface area is 160 Å². The zero-order chi connectivity index (χ0) is 19.4. The summed E-state index contributed by atoms with van der Waals surface area (Å²) in [6.45, 7) is 5.27. The summed E-state index contributed by atoms with van der Waals surface area (Å²) in [4.78, 5) is 27.0. The van der Waals surface area contributed by atoms with Crippen LogP contribution in [0.15, 0.2) is 35.5 Å². The molecular formula is C19H28N6O2. The van der Waals surface area contributed by atoms with E-state index in [0.29, 0.717) is 12.1 Å². The van der Waals surface area contributed by atoms with Crippen LogP contribution in [0.25, 0.3) is 0 Å². The molecule has 3 rings (SSSR count). The Morgan fingerprint density at radius 1 is 1.26 bits per heavy atom. The Morgan fingerprint density at radius 3 is 2.56 bits per heavy atom. The zero-order valence-corrected chi connectivity index (χ0v) is 16.2. The highest BCUT2D eigenvalue weighted by atomic mass is 16.3. The molecule has 8 nitrogen and oxygen atoms in total. The quantitative estimate of drug-likeness (QED) is 0.753. The van der Waals surface area contributed by atoms with Gasteiger partial charge >= 0.3 is 0 Å². The van der Waals surface area contributed by atoms with Crippen LogP contribution in [0.1, 0.15) is 23.8 Å². The molecule has 2 aliphatic heterocycles. The lowest BCUT2D eigenvalue weighted by molar-refractivity contribution is 0.0400. The molecule has 2 atom stereocenters. The van der Waals surface area contributed by atoms with Gasteiger partial charge < -0.3 is 25.1 Å². The fraction of sp³-hybridized carbons (Fsp3) is 0.526. The van der Waals surface area contributed by atoms with Gasteiger partial charge in [0.25, 0.3) is 5.91 Å². The number of aromatic nitrogens is 1. The van der Waals surface area contributed by atoms with Gasteiger partial charge in [0.2, 0.25) is 0 Å². The molecule has 0 aliphatic carbocycles. The number of guanidine groups is 1. The Hall–Kier alpha value is -2.61. The second-order valence-electron chi connectivity index (χ2n) is 6.80. The number of anilines is 1. The third-order valence-electron chi connectivity index (χ3n) is 5.05. The highest BCUT2D eigenvalue weighted by molar-refractivity contribution is 5.92. The maximum Gasteiger partial charge on any atom is 0.269 e. The topological polar surface area (TPSA) is 84.3 Å². The molecule has 2 N–H and O–H groups in total. The fourth-order valence-electron chi connectivity index (χ4n) is 3.45. The third kappa shape index (κ3) is 4.21. The van der Waals surface area contributed by atoms with Crippen molar-refractivity contribution in [3.05, 3.63) is 36.2 Å². The summed E-state index contributed by atoms with van der Waals surface area (Å²) in [7, 11) is 3.49. The average Bonchev–Trinajstić information content (AvgIpc) is 2.70. The summed E-state index contributed by atoms with van der Waals surface area (Å²) in [5, 5.41) is 12.9. The maximum absolute atomic E-state index is 11.6. The summed E-state index contributed by atoms with van der Waals surface area (Å²) in [5.74, 6) is 0.670. The number of hydrogen-bond acceptors (Lipinski definition) is 7. The van der Waals surface area contributed by atoms with Crippen LogP contribution >= 0.6 is 0 Å². The number of nitrogens with zero attached hydrogens (tertiary/aromatic N) is 5.